The van der Waals surface area contributed by atoms with Crippen LogP contribution in [0.25, 0.3) is 5.70 Å². The number of carbonyl (C=O) groups excluding carboxylic acids is 1. The lowest BCUT2D eigenvalue weighted by atomic mass is 9.97. The van der Waals surface area contributed by atoms with Crippen LogP contribution in [0.5, 0.6) is 0 Å². The topological polar surface area (TPSA) is 52.9 Å². The zero-order valence-corrected chi connectivity index (χ0v) is 12.2. The lowest BCUT2D eigenvalue weighted by Gasteiger charge is -2.20. The summed E-state index contributed by atoms with van der Waals surface area (Å²) in [5.41, 5.74) is 3.90. The molecule has 110 valence electrons. The first-order valence-corrected chi connectivity index (χ1v) is 7.15. The quantitative estimate of drug-likeness (QED) is 0.907. The van der Waals surface area contributed by atoms with E-state index in [-0.39, 0.29) is 5.78 Å². The maximum absolute atomic E-state index is 11.7. The summed E-state index contributed by atoms with van der Waals surface area (Å²) in [6.07, 6.45) is 9.06. The van der Waals surface area contributed by atoms with Crippen LogP contribution in [0.15, 0.2) is 76.5 Å². The SMILES string of the molecule is CCC1=CC(=C2C=C(c3ccccc3)N(O)C=N2)C=CC1=O. The van der Waals surface area contributed by atoms with Crippen molar-refractivity contribution in [3.05, 3.63) is 77.0 Å². The summed E-state index contributed by atoms with van der Waals surface area (Å²) < 4.78 is 0. The van der Waals surface area contributed by atoms with Crippen LogP contribution >= 0.6 is 0 Å². The van der Waals surface area contributed by atoms with Crippen LogP contribution in [0, 0.1) is 0 Å². The molecule has 2 aliphatic rings. The Bertz CT molecular complexity index is 753. The van der Waals surface area contributed by atoms with Gasteiger partial charge in [-0.1, -0.05) is 37.3 Å². The number of hydrogen-bond acceptors (Lipinski definition) is 4. The number of benzene rings is 1. The van der Waals surface area contributed by atoms with Gasteiger partial charge in [-0.05, 0) is 36.3 Å². The summed E-state index contributed by atoms with van der Waals surface area (Å²) in [7, 11) is 0. The largest absolute Gasteiger partial charge is 0.290 e. The van der Waals surface area contributed by atoms with E-state index in [1.165, 1.54) is 6.34 Å². The van der Waals surface area contributed by atoms with E-state index in [2.05, 4.69) is 4.99 Å². The van der Waals surface area contributed by atoms with E-state index < -0.39 is 0 Å². The number of carbonyl (C=O) groups is 1. The number of hydroxylamine groups is 2. The molecule has 0 saturated carbocycles. The molecular weight excluding hydrogens is 276 g/mol. The molecule has 1 aromatic rings. The van der Waals surface area contributed by atoms with E-state index >= 15 is 0 Å². The molecule has 0 amide bonds. The Kier molecular flexibility index (Phi) is 3.85. The number of nitrogens with zero attached hydrogens (tertiary/aromatic N) is 2. The van der Waals surface area contributed by atoms with Gasteiger partial charge in [0, 0.05) is 11.1 Å². The van der Waals surface area contributed by atoms with Gasteiger partial charge < -0.3 is 0 Å². The summed E-state index contributed by atoms with van der Waals surface area (Å²) in [6.45, 7) is 1.95. The highest BCUT2D eigenvalue weighted by atomic mass is 16.5. The van der Waals surface area contributed by atoms with Gasteiger partial charge in [-0.2, -0.15) is 0 Å². The molecule has 1 aliphatic heterocycles. The van der Waals surface area contributed by atoms with Crippen molar-refractivity contribution >= 4 is 17.8 Å². The minimum atomic E-state index is 0.0442. The monoisotopic (exact) mass is 292 g/mol. The Labute approximate surface area is 129 Å². The van der Waals surface area contributed by atoms with Crippen LogP contribution in [0.4, 0.5) is 0 Å². The number of aliphatic imine (C=N–C) groups is 1. The van der Waals surface area contributed by atoms with E-state index in [1.54, 1.807) is 12.2 Å². The lowest BCUT2D eigenvalue weighted by molar-refractivity contribution is -0.111. The highest BCUT2D eigenvalue weighted by Crippen LogP contribution is 2.27. The summed E-state index contributed by atoms with van der Waals surface area (Å²) >= 11 is 0. The fourth-order valence-electron chi connectivity index (χ4n) is 2.41. The van der Waals surface area contributed by atoms with Crippen LogP contribution < -0.4 is 0 Å². The average Bonchev–Trinajstić information content (AvgIpc) is 2.57. The molecule has 0 unspecified atom stereocenters. The molecule has 3 rings (SSSR count). The van der Waals surface area contributed by atoms with Crippen molar-refractivity contribution in [3.8, 4) is 0 Å². The Morgan fingerprint density at radius 1 is 1.14 bits per heavy atom. The minimum Gasteiger partial charge on any atom is -0.290 e. The number of hydrogen-bond donors (Lipinski definition) is 1. The first-order chi connectivity index (χ1) is 10.7. The van der Waals surface area contributed by atoms with E-state index in [0.717, 1.165) is 27.5 Å². The maximum Gasteiger partial charge on any atom is 0.181 e. The molecule has 1 N–H and O–H groups in total. The molecule has 0 fully saturated rings. The van der Waals surface area contributed by atoms with Crippen LogP contribution in [0.3, 0.4) is 0 Å². The Morgan fingerprint density at radius 3 is 2.64 bits per heavy atom. The van der Waals surface area contributed by atoms with Crippen molar-refractivity contribution in [1.82, 2.24) is 5.06 Å². The van der Waals surface area contributed by atoms with Crippen molar-refractivity contribution in [2.45, 2.75) is 13.3 Å². The predicted octanol–water partition coefficient (Wildman–Crippen LogP) is 3.49. The first kappa shape index (κ1) is 14.2. The van der Waals surface area contributed by atoms with Gasteiger partial charge in [-0.25, -0.2) is 10.1 Å². The van der Waals surface area contributed by atoms with E-state index in [0.29, 0.717) is 12.1 Å². The summed E-state index contributed by atoms with van der Waals surface area (Å²) in [4.78, 5) is 16.0. The van der Waals surface area contributed by atoms with Crippen LogP contribution in [-0.2, 0) is 4.79 Å². The summed E-state index contributed by atoms with van der Waals surface area (Å²) in [5, 5.41) is 11.0. The molecule has 0 saturated heterocycles. The van der Waals surface area contributed by atoms with Crippen molar-refractivity contribution in [1.29, 1.82) is 0 Å². The second kappa shape index (κ2) is 5.95. The second-order valence-corrected chi connectivity index (χ2v) is 5.05. The maximum atomic E-state index is 11.7. The van der Waals surface area contributed by atoms with Crippen LogP contribution in [0.2, 0.25) is 0 Å². The van der Waals surface area contributed by atoms with Crippen molar-refractivity contribution in [2.75, 3.05) is 0 Å². The van der Waals surface area contributed by atoms with E-state index in [1.807, 2.05) is 49.4 Å². The van der Waals surface area contributed by atoms with E-state index in [4.69, 9.17) is 0 Å². The highest BCUT2D eigenvalue weighted by molar-refractivity contribution is 6.06. The molecule has 0 radical (unpaired) electrons. The Morgan fingerprint density at radius 2 is 1.91 bits per heavy atom. The lowest BCUT2D eigenvalue weighted by Crippen LogP contribution is -2.18. The van der Waals surface area contributed by atoms with Crippen LogP contribution in [-0.4, -0.2) is 22.4 Å². The molecule has 22 heavy (non-hydrogen) atoms. The Hall–Kier alpha value is -2.72. The molecular formula is C18H16N2O2. The fourth-order valence-corrected chi connectivity index (χ4v) is 2.41. The first-order valence-electron chi connectivity index (χ1n) is 7.15. The standard InChI is InChI=1S/C18H16N2O2/c1-2-13-10-15(8-9-18(13)21)16-11-17(20(22)12-19-16)14-6-4-3-5-7-14/h3-12,22H,2H2,1H3. The number of rotatable bonds is 2. The second-order valence-electron chi connectivity index (χ2n) is 5.05. The highest BCUT2D eigenvalue weighted by Gasteiger charge is 2.16. The van der Waals surface area contributed by atoms with E-state index in [9.17, 15) is 10.0 Å². The predicted molar refractivity (Wildman–Crippen MR) is 86.1 cm³/mol. The van der Waals surface area contributed by atoms with Gasteiger partial charge in [0.15, 0.2) is 5.78 Å². The van der Waals surface area contributed by atoms with Gasteiger partial charge in [0.2, 0.25) is 0 Å². The molecule has 1 aromatic carbocycles. The molecule has 0 bridgehead atoms. The smallest absolute Gasteiger partial charge is 0.181 e. The number of allylic oxidation sites excluding steroid dienone is 6. The zero-order valence-electron chi connectivity index (χ0n) is 12.2. The average molecular weight is 292 g/mol. The zero-order chi connectivity index (χ0) is 15.5. The molecule has 0 spiro atoms. The fraction of sp³-hybridized carbons (Fsp3) is 0.111. The number of ketones is 1. The Balaban J connectivity index is 2.05. The van der Waals surface area contributed by atoms with Crippen molar-refractivity contribution in [3.63, 3.8) is 0 Å². The molecule has 0 aromatic heterocycles. The third-order valence-electron chi connectivity index (χ3n) is 3.63. The summed E-state index contributed by atoms with van der Waals surface area (Å²) in [6, 6.07) is 9.59. The van der Waals surface area contributed by atoms with Gasteiger partial charge in [0.25, 0.3) is 0 Å². The van der Waals surface area contributed by atoms with Gasteiger partial charge in [0.05, 0.1) is 11.4 Å². The van der Waals surface area contributed by atoms with Gasteiger partial charge in [-0.3, -0.25) is 10.0 Å². The third-order valence-corrected chi connectivity index (χ3v) is 3.63. The molecule has 4 heteroatoms. The minimum absolute atomic E-state index is 0.0442. The van der Waals surface area contributed by atoms with Crippen molar-refractivity contribution in [2.24, 2.45) is 4.99 Å². The van der Waals surface area contributed by atoms with Gasteiger partial charge in [0.1, 0.15) is 6.34 Å². The molecule has 4 nitrogen and oxygen atoms in total. The molecule has 1 heterocycles. The summed E-state index contributed by atoms with van der Waals surface area (Å²) in [5.74, 6) is 0.0442. The third kappa shape index (κ3) is 2.69. The van der Waals surface area contributed by atoms with Gasteiger partial charge in [-0.15, -0.1) is 0 Å². The van der Waals surface area contributed by atoms with Gasteiger partial charge >= 0.3 is 0 Å². The van der Waals surface area contributed by atoms with Crippen LogP contribution in [0.1, 0.15) is 18.9 Å². The molecule has 0 atom stereocenters. The van der Waals surface area contributed by atoms with Crippen molar-refractivity contribution < 1.29 is 10.0 Å². The normalized spacial score (nSPS) is 21.0. The molecule has 1 aliphatic carbocycles.